The van der Waals surface area contributed by atoms with Crippen LogP contribution in [-0.2, 0) is 6.42 Å². The van der Waals surface area contributed by atoms with Gasteiger partial charge < -0.3 is 10.1 Å². The van der Waals surface area contributed by atoms with Gasteiger partial charge in [-0.25, -0.2) is 0 Å². The lowest BCUT2D eigenvalue weighted by molar-refractivity contribution is 0.109. The molecule has 1 aliphatic rings. The summed E-state index contributed by atoms with van der Waals surface area (Å²) in [6.07, 6.45) is 3.59. The van der Waals surface area contributed by atoms with E-state index in [1.807, 2.05) is 0 Å². The van der Waals surface area contributed by atoms with Crippen molar-refractivity contribution < 1.29 is 4.74 Å². The van der Waals surface area contributed by atoms with Gasteiger partial charge in [-0.3, -0.25) is 4.90 Å². The molecule has 0 aromatic heterocycles. The van der Waals surface area contributed by atoms with Gasteiger partial charge in [0.1, 0.15) is 5.75 Å². The molecule has 1 aliphatic carbocycles. The monoisotopic (exact) mass is 290 g/mol. The Hall–Kier alpha value is -1.06. The molecule has 0 radical (unpaired) electrons. The first-order valence-electron chi connectivity index (χ1n) is 8.22. The van der Waals surface area contributed by atoms with Gasteiger partial charge >= 0.3 is 0 Å². The predicted molar refractivity (Wildman–Crippen MR) is 89.0 cm³/mol. The summed E-state index contributed by atoms with van der Waals surface area (Å²) in [7, 11) is 3.82. The van der Waals surface area contributed by atoms with Crippen LogP contribution in [0.5, 0.6) is 5.75 Å². The summed E-state index contributed by atoms with van der Waals surface area (Å²) >= 11 is 0. The van der Waals surface area contributed by atoms with Crippen molar-refractivity contribution in [2.45, 2.75) is 58.2 Å². The molecular formula is C18H30N2O. The molecule has 1 aromatic rings. The van der Waals surface area contributed by atoms with Gasteiger partial charge in [-0.15, -0.1) is 0 Å². The van der Waals surface area contributed by atoms with E-state index in [0.29, 0.717) is 18.1 Å². The van der Waals surface area contributed by atoms with Crippen molar-refractivity contribution in [2.24, 2.45) is 0 Å². The van der Waals surface area contributed by atoms with Crippen LogP contribution < -0.4 is 10.1 Å². The number of hydrogen-bond acceptors (Lipinski definition) is 3. The normalized spacial score (nSPS) is 21.7. The van der Waals surface area contributed by atoms with Gasteiger partial charge in [0, 0.05) is 18.1 Å². The maximum Gasteiger partial charge on any atom is 0.119 e. The molecule has 0 saturated carbocycles. The van der Waals surface area contributed by atoms with Crippen LogP contribution in [0.4, 0.5) is 0 Å². The van der Waals surface area contributed by atoms with Crippen LogP contribution in [0.15, 0.2) is 18.2 Å². The number of rotatable bonds is 6. The highest BCUT2D eigenvalue weighted by atomic mass is 16.5. The van der Waals surface area contributed by atoms with E-state index >= 15 is 0 Å². The van der Waals surface area contributed by atoms with E-state index in [2.05, 4.69) is 56.2 Å². The number of nitrogens with zero attached hydrogens (tertiary/aromatic N) is 1. The zero-order valence-electron chi connectivity index (χ0n) is 14.1. The molecule has 0 heterocycles. The fourth-order valence-electron chi connectivity index (χ4n) is 3.66. The van der Waals surface area contributed by atoms with E-state index in [1.165, 1.54) is 30.5 Å². The summed E-state index contributed by atoms with van der Waals surface area (Å²) in [6.45, 7) is 8.05. The minimum atomic E-state index is 0.387. The summed E-state index contributed by atoms with van der Waals surface area (Å²) < 4.78 is 5.42. The van der Waals surface area contributed by atoms with Crippen LogP contribution in [0.3, 0.4) is 0 Å². The highest BCUT2D eigenvalue weighted by molar-refractivity contribution is 5.40. The largest absolute Gasteiger partial charge is 0.497 e. The average molecular weight is 290 g/mol. The summed E-state index contributed by atoms with van der Waals surface area (Å²) in [5.74, 6) is 0.959. The van der Waals surface area contributed by atoms with Crippen LogP contribution in [0.2, 0.25) is 0 Å². The molecular weight excluding hydrogens is 260 g/mol. The molecule has 0 fully saturated rings. The molecule has 2 rings (SSSR count). The van der Waals surface area contributed by atoms with E-state index in [9.17, 15) is 0 Å². The number of aryl methyl sites for hydroxylation is 1. The number of likely N-dealkylation sites (N-methyl/N-ethyl adjacent to an activating group) is 1. The molecule has 2 unspecified atom stereocenters. The van der Waals surface area contributed by atoms with Crippen molar-refractivity contribution >= 4 is 0 Å². The Morgan fingerprint density at radius 3 is 2.71 bits per heavy atom. The van der Waals surface area contributed by atoms with Crippen LogP contribution >= 0.6 is 0 Å². The molecule has 0 amide bonds. The van der Waals surface area contributed by atoms with E-state index < -0.39 is 0 Å². The quantitative estimate of drug-likeness (QED) is 0.869. The Labute approximate surface area is 129 Å². The Balaban J connectivity index is 2.33. The number of hydrogen-bond donors (Lipinski definition) is 1. The Kier molecular flexibility index (Phi) is 5.65. The Bertz CT molecular complexity index is 459. The number of methoxy groups -OCH3 is 1. The van der Waals surface area contributed by atoms with Gasteiger partial charge in [0.2, 0.25) is 0 Å². The predicted octanol–water partition coefficient (Wildman–Crippen LogP) is 3.39. The van der Waals surface area contributed by atoms with Crippen LogP contribution in [0.1, 0.15) is 50.8 Å². The molecule has 3 nitrogen and oxygen atoms in total. The first kappa shape index (κ1) is 16.3. The third kappa shape index (κ3) is 3.41. The van der Waals surface area contributed by atoms with E-state index in [-0.39, 0.29) is 0 Å². The van der Waals surface area contributed by atoms with E-state index in [4.69, 9.17) is 4.74 Å². The lowest BCUT2D eigenvalue weighted by Gasteiger charge is -2.43. The zero-order valence-corrected chi connectivity index (χ0v) is 14.1. The van der Waals surface area contributed by atoms with E-state index in [1.54, 1.807) is 7.11 Å². The van der Waals surface area contributed by atoms with Crippen LogP contribution in [0.25, 0.3) is 0 Å². The minimum Gasteiger partial charge on any atom is -0.497 e. The van der Waals surface area contributed by atoms with Crippen molar-refractivity contribution in [1.82, 2.24) is 10.2 Å². The highest BCUT2D eigenvalue weighted by Gasteiger charge is 2.33. The topological polar surface area (TPSA) is 24.5 Å². The molecule has 118 valence electrons. The summed E-state index contributed by atoms with van der Waals surface area (Å²) in [5.41, 5.74) is 2.88. The Morgan fingerprint density at radius 1 is 1.38 bits per heavy atom. The zero-order chi connectivity index (χ0) is 15.4. The molecule has 1 N–H and O–H groups in total. The van der Waals surface area contributed by atoms with Gasteiger partial charge in [-0.05, 0) is 70.0 Å². The van der Waals surface area contributed by atoms with Gasteiger partial charge in [0.25, 0.3) is 0 Å². The van der Waals surface area contributed by atoms with Crippen LogP contribution in [-0.4, -0.2) is 37.7 Å². The third-order valence-corrected chi connectivity index (χ3v) is 4.66. The fraction of sp³-hybridized carbons (Fsp3) is 0.667. The van der Waals surface area contributed by atoms with Gasteiger partial charge in [-0.1, -0.05) is 13.0 Å². The molecule has 2 atom stereocenters. The lowest BCUT2D eigenvalue weighted by atomic mass is 9.82. The number of nitrogens with one attached hydrogen (secondary N) is 1. The van der Waals surface area contributed by atoms with Crippen molar-refractivity contribution in [3.8, 4) is 5.75 Å². The van der Waals surface area contributed by atoms with Crippen LogP contribution in [0, 0.1) is 0 Å². The van der Waals surface area contributed by atoms with E-state index in [0.717, 1.165) is 12.2 Å². The maximum absolute atomic E-state index is 5.42. The molecule has 21 heavy (non-hydrogen) atoms. The molecule has 0 saturated heterocycles. The standard InChI is InChI=1S/C18H30N2O/c1-6-11-20(13(2)3)17-10-8-14-7-9-15(21-5)12-16(14)18(17)19-4/h7,9,12-13,17-19H,6,8,10-11H2,1-5H3. The second kappa shape index (κ2) is 7.28. The lowest BCUT2D eigenvalue weighted by Crippen LogP contribution is -2.49. The fourth-order valence-corrected chi connectivity index (χ4v) is 3.66. The molecule has 0 spiro atoms. The van der Waals surface area contributed by atoms with Crippen molar-refractivity contribution in [1.29, 1.82) is 0 Å². The summed E-state index contributed by atoms with van der Waals surface area (Å²) in [6, 6.07) is 8.06. The average Bonchev–Trinajstić information content (AvgIpc) is 2.50. The smallest absolute Gasteiger partial charge is 0.119 e. The first-order valence-corrected chi connectivity index (χ1v) is 8.22. The Morgan fingerprint density at radius 2 is 2.14 bits per heavy atom. The molecule has 3 heteroatoms. The number of benzene rings is 1. The maximum atomic E-state index is 5.42. The number of fused-ring (bicyclic) bond motifs is 1. The second-order valence-electron chi connectivity index (χ2n) is 6.27. The molecule has 0 bridgehead atoms. The molecule has 1 aromatic carbocycles. The van der Waals surface area contributed by atoms with Crippen molar-refractivity contribution in [3.63, 3.8) is 0 Å². The summed E-state index contributed by atoms with van der Waals surface area (Å²) in [4.78, 5) is 2.66. The van der Waals surface area contributed by atoms with Gasteiger partial charge in [-0.2, -0.15) is 0 Å². The minimum absolute atomic E-state index is 0.387. The third-order valence-electron chi connectivity index (χ3n) is 4.66. The summed E-state index contributed by atoms with van der Waals surface area (Å²) in [5, 5.41) is 3.56. The second-order valence-corrected chi connectivity index (χ2v) is 6.27. The van der Waals surface area contributed by atoms with Crippen molar-refractivity contribution in [2.75, 3.05) is 20.7 Å². The SMILES string of the molecule is CCCN(C(C)C)C1CCc2ccc(OC)cc2C1NC. The van der Waals surface area contributed by atoms with Crippen molar-refractivity contribution in [3.05, 3.63) is 29.3 Å². The highest BCUT2D eigenvalue weighted by Crippen LogP contribution is 2.35. The molecule has 0 aliphatic heterocycles. The van der Waals surface area contributed by atoms with Gasteiger partial charge in [0.05, 0.1) is 7.11 Å². The number of ether oxygens (including phenoxy) is 1. The van der Waals surface area contributed by atoms with Gasteiger partial charge in [0.15, 0.2) is 0 Å². The first-order chi connectivity index (χ1) is 10.1.